The summed E-state index contributed by atoms with van der Waals surface area (Å²) in [6, 6.07) is 4.25. The molecule has 0 spiro atoms. The fourth-order valence-electron chi connectivity index (χ4n) is 2.14. The number of carbonyl (C=O) groups is 3. The molecule has 0 aliphatic carbocycles. The number of nitrogens with zero attached hydrogens (tertiary/aromatic N) is 1. The average molecular weight is 306 g/mol. The van der Waals surface area contributed by atoms with Crippen LogP contribution in [0.5, 0.6) is 5.75 Å². The Morgan fingerprint density at radius 2 is 2.18 bits per heavy atom. The van der Waals surface area contributed by atoms with Gasteiger partial charge in [0.25, 0.3) is 0 Å². The number of ether oxygens (including phenoxy) is 1. The Morgan fingerprint density at radius 3 is 2.86 bits per heavy atom. The summed E-state index contributed by atoms with van der Waals surface area (Å²) in [4.78, 5) is 36.4. The lowest BCUT2D eigenvalue weighted by Gasteiger charge is -2.21. The van der Waals surface area contributed by atoms with E-state index in [1.807, 2.05) is 6.92 Å². The van der Waals surface area contributed by atoms with Crippen LogP contribution in [0.4, 0.5) is 5.69 Å². The number of nitrogens with one attached hydrogen (secondary N) is 1. The summed E-state index contributed by atoms with van der Waals surface area (Å²) < 4.78 is 5.45. The molecule has 0 saturated carbocycles. The predicted molar refractivity (Wildman–Crippen MR) is 79.2 cm³/mol. The van der Waals surface area contributed by atoms with E-state index >= 15 is 0 Å². The molecule has 2 N–H and O–H groups in total. The van der Waals surface area contributed by atoms with E-state index < -0.39 is 5.97 Å². The first kappa shape index (κ1) is 15.8. The molecule has 2 rings (SSSR count). The summed E-state index contributed by atoms with van der Waals surface area (Å²) >= 11 is 0. The second kappa shape index (κ2) is 6.93. The van der Waals surface area contributed by atoms with Crippen molar-refractivity contribution in [3.8, 4) is 5.75 Å². The van der Waals surface area contributed by atoms with Gasteiger partial charge in [-0.1, -0.05) is 6.92 Å². The van der Waals surface area contributed by atoms with Gasteiger partial charge in [0.1, 0.15) is 12.3 Å². The molecule has 118 valence electrons. The van der Waals surface area contributed by atoms with E-state index in [0.717, 1.165) is 6.42 Å². The highest BCUT2D eigenvalue weighted by Crippen LogP contribution is 2.32. The summed E-state index contributed by atoms with van der Waals surface area (Å²) in [6.07, 6.45) is 0.944. The fraction of sp³-hybridized carbons (Fsp3) is 0.400. The van der Waals surface area contributed by atoms with Crippen LogP contribution in [-0.4, -0.2) is 42.6 Å². The highest BCUT2D eigenvalue weighted by molar-refractivity contribution is 6.01. The summed E-state index contributed by atoms with van der Waals surface area (Å²) in [7, 11) is 0. The summed E-state index contributed by atoms with van der Waals surface area (Å²) in [6.45, 7) is 2.53. The Kier molecular flexibility index (Phi) is 4.98. The van der Waals surface area contributed by atoms with E-state index in [1.165, 1.54) is 23.1 Å². The molecular weight excluding hydrogens is 288 g/mol. The molecule has 0 saturated heterocycles. The van der Waals surface area contributed by atoms with E-state index in [4.69, 9.17) is 9.84 Å². The van der Waals surface area contributed by atoms with Crippen molar-refractivity contribution in [2.45, 2.75) is 19.8 Å². The standard InChI is InChI=1S/C15H18N2O5/c1-2-6-16-13(18)9-17-11-4-3-10(15(20)21)8-12(11)22-7-5-14(17)19/h3-4,8H,2,5-7,9H2,1H3,(H,16,18)(H,20,21). The number of anilines is 1. The number of benzene rings is 1. The largest absolute Gasteiger partial charge is 0.491 e. The van der Waals surface area contributed by atoms with Gasteiger partial charge in [-0.05, 0) is 24.6 Å². The van der Waals surface area contributed by atoms with Gasteiger partial charge in [-0.25, -0.2) is 4.79 Å². The fourth-order valence-corrected chi connectivity index (χ4v) is 2.14. The third-order valence-electron chi connectivity index (χ3n) is 3.25. The van der Waals surface area contributed by atoms with Gasteiger partial charge in [0.2, 0.25) is 11.8 Å². The number of carboxylic acid groups (broad SMARTS) is 1. The Morgan fingerprint density at radius 1 is 1.41 bits per heavy atom. The predicted octanol–water partition coefficient (Wildman–Crippen LogP) is 1.03. The third kappa shape index (κ3) is 3.55. The van der Waals surface area contributed by atoms with E-state index in [0.29, 0.717) is 18.0 Å². The van der Waals surface area contributed by atoms with Crippen LogP contribution in [0.2, 0.25) is 0 Å². The van der Waals surface area contributed by atoms with Gasteiger partial charge in [-0.15, -0.1) is 0 Å². The number of hydrogen-bond acceptors (Lipinski definition) is 4. The first-order valence-electron chi connectivity index (χ1n) is 7.10. The first-order valence-corrected chi connectivity index (χ1v) is 7.10. The second-order valence-electron chi connectivity index (χ2n) is 4.92. The number of amides is 2. The molecular formula is C15H18N2O5. The molecule has 0 radical (unpaired) electrons. The Balaban J connectivity index is 2.27. The Labute approximate surface area is 127 Å². The number of fused-ring (bicyclic) bond motifs is 1. The van der Waals surface area contributed by atoms with Crippen LogP contribution in [0.1, 0.15) is 30.1 Å². The molecule has 0 atom stereocenters. The topological polar surface area (TPSA) is 95.9 Å². The number of hydrogen-bond donors (Lipinski definition) is 2. The highest BCUT2D eigenvalue weighted by atomic mass is 16.5. The summed E-state index contributed by atoms with van der Waals surface area (Å²) in [5, 5.41) is 11.7. The number of aromatic carboxylic acids is 1. The van der Waals surface area contributed by atoms with Crippen molar-refractivity contribution in [3.63, 3.8) is 0 Å². The average Bonchev–Trinajstić information content (AvgIpc) is 2.64. The molecule has 0 bridgehead atoms. The van der Waals surface area contributed by atoms with E-state index in [1.54, 1.807) is 0 Å². The zero-order chi connectivity index (χ0) is 16.1. The smallest absolute Gasteiger partial charge is 0.335 e. The lowest BCUT2D eigenvalue weighted by atomic mass is 10.1. The van der Waals surface area contributed by atoms with E-state index in [-0.39, 0.29) is 37.0 Å². The van der Waals surface area contributed by atoms with Crippen LogP contribution < -0.4 is 15.0 Å². The van der Waals surface area contributed by atoms with Crippen LogP contribution >= 0.6 is 0 Å². The maximum Gasteiger partial charge on any atom is 0.335 e. The van der Waals surface area contributed by atoms with E-state index in [2.05, 4.69) is 5.32 Å². The molecule has 7 heteroatoms. The zero-order valence-corrected chi connectivity index (χ0v) is 12.3. The monoisotopic (exact) mass is 306 g/mol. The molecule has 0 fully saturated rings. The number of rotatable bonds is 5. The minimum absolute atomic E-state index is 0.0727. The molecule has 1 aliphatic rings. The second-order valence-corrected chi connectivity index (χ2v) is 4.92. The highest BCUT2D eigenvalue weighted by Gasteiger charge is 2.26. The summed E-state index contributed by atoms with van der Waals surface area (Å²) in [5.41, 5.74) is 0.489. The Hall–Kier alpha value is -2.57. The molecule has 1 heterocycles. The lowest BCUT2D eigenvalue weighted by Crippen LogP contribution is -2.40. The van der Waals surface area contributed by atoms with Crippen LogP contribution in [0.15, 0.2) is 18.2 Å². The van der Waals surface area contributed by atoms with Crippen molar-refractivity contribution in [1.29, 1.82) is 0 Å². The molecule has 1 aliphatic heterocycles. The molecule has 0 aromatic heterocycles. The van der Waals surface area contributed by atoms with Crippen molar-refractivity contribution in [1.82, 2.24) is 5.32 Å². The molecule has 22 heavy (non-hydrogen) atoms. The zero-order valence-electron chi connectivity index (χ0n) is 12.3. The van der Waals surface area contributed by atoms with Crippen molar-refractivity contribution in [3.05, 3.63) is 23.8 Å². The molecule has 1 aromatic rings. The van der Waals surface area contributed by atoms with Crippen molar-refractivity contribution < 1.29 is 24.2 Å². The van der Waals surface area contributed by atoms with Crippen LogP contribution in [-0.2, 0) is 9.59 Å². The van der Waals surface area contributed by atoms with Crippen LogP contribution in [0.25, 0.3) is 0 Å². The number of carbonyl (C=O) groups excluding carboxylic acids is 2. The maximum atomic E-state index is 12.2. The van der Waals surface area contributed by atoms with Gasteiger partial charge in [0.15, 0.2) is 0 Å². The molecule has 0 unspecified atom stereocenters. The van der Waals surface area contributed by atoms with Gasteiger partial charge in [-0.3, -0.25) is 14.5 Å². The lowest BCUT2D eigenvalue weighted by molar-refractivity contribution is -0.123. The normalized spacial score (nSPS) is 13.9. The SMILES string of the molecule is CCCNC(=O)CN1C(=O)CCOc2cc(C(=O)O)ccc21. The van der Waals surface area contributed by atoms with Gasteiger partial charge < -0.3 is 15.2 Å². The van der Waals surface area contributed by atoms with Crippen molar-refractivity contribution in [2.24, 2.45) is 0 Å². The number of carboxylic acids is 1. The quantitative estimate of drug-likeness (QED) is 0.847. The van der Waals surface area contributed by atoms with Gasteiger partial charge in [0.05, 0.1) is 24.3 Å². The van der Waals surface area contributed by atoms with Gasteiger partial charge in [-0.2, -0.15) is 0 Å². The Bertz CT molecular complexity index is 600. The summed E-state index contributed by atoms with van der Waals surface area (Å²) in [5.74, 6) is -1.26. The molecule has 1 aromatic carbocycles. The van der Waals surface area contributed by atoms with E-state index in [9.17, 15) is 14.4 Å². The minimum atomic E-state index is -1.07. The van der Waals surface area contributed by atoms with Crippen LogP contribution in [0.3, 0.4) is 0 Å². The first-order chi connectivity index (χ1) is 10.5. The van der Waals surface area contributed by atoms with Crippen molar-refractivity contribution in [2.75, 3.05) is 24.6 Å². The van der Waals surface area contributed by atoms with Gasteiger partial charge in [0, 0.05) is 6.54 Å². The molecule has 7 nitrogen and oxygen atoms in total. The third-order valence-corrected chi connectivity index (χ3v) is 3.25. The maximum absolute atomic E-state index is 12.2. The van der Waals surface area contributed by atoms with Gasteiger partial charge >= 0.3 is 5.97 Å². The van der Waals surface area contributed by atoms with Crippen molar-refractivity contribution >= 4 is 23.5 Å². The van der Waals surface area contributed by atoms with Crippen LogP contribution in [0, 0.1) is 0 Å². The molecule has 2 amide bonds. The minimum Gasteiger partial charge on any atom is -0.491 e.